The molecule has 0 N–H and O–H groups in total. The summed E-state index contributed by atoms with van der Waals surface area (Å²) in [7, 11) is 0. The fraction of sp³-hybridized carbons (Fsp3) is 0.185. The lowest BCUT2D eigenvalue weighted by Gasteiger charge is -2.39. The maximum Gasteiger partial charge on any atom is 0.0556 e. The van der Waals surface area contributed by atoms with E-state index in [1.807, 2.05) is 11.3 Å². The number of fused-ring (bicyclic) bond motifs is 12. The van der Waals surface area contributed by atoms with Crippen molar-refractivity contribution in [3.63, 3.8) is 0 Å². The van der Waals surface area contributed by atoms with Crippen molar-refractivity contribution in [2.24, 2.45) is 0 Å². The number of hydrogen-bond donors (Lipinski definition) is 0. The quantitative estimate of drug-likeness (QED) is 0.163. The summed E-state index contributed by atoms with van der Waals surface area (Å²) in [5, 5.41) is 7.74. The van der Waals surface area contributed by atoms with Gasteiger partial charge < -0.3 is 4.90 Å². The lowest BCUT2D eigenvalue weighted by Crippen LogP contribution is -2.27. The second-order valence-corrected chi connectivity index (χ2v) is 19.2. The Morgan fingerprint density at radius 3 is 1.62 bits per heavy atom. The standard InChI is InChI=1S/C54H45NS/c1-52(2,3)48-46-40-19-10-13-21-42(40)53(4,5)49(46)51(50-47(48)41-20-11-14-22-43(41)54(50,6)7)55(35-27-29-39-38-18-12-15-23-44(38)56-45(39)31-35)34-26-28-37-33(30-34)25-24-32-16-8-9-17-36(32)37/h8-31H,1-7H3. The number of hydrogen-bond acceptors (Lipinski definition) is 2. The molecule has 56 heavy (non-hydrogen) atoms. The van der Waals surface area contributed by atoms with Gasteiger partial charge in [-0.25, -0.2) is 0 Å². The maximum atomic E-state index is 2.66. The van der Waals surface area contributed by atoms with Gasteiger partial charge in [0.05, 0.1) is 5.69 Å². The monoisotopic (exact) mass is 739 g/mol. The first-order valence-electron chi connectivity index (χ1n) is 20.0. The average molecular weight is 740 g/mol. The molecule has 11 rings (SSSR count). The van der Waals surface area contributed by atoms with Crippen molar-refractivity contribution >= 4 is 70.1 Å². The van der Waals surface area contributed by atoms with Crippen molar-refractivity contribution in [2.75, 3.05) is 4.90 Å². The van der Waals surface area contributed by atoms with E-state index in [0.717, 1.165) is 0 Å². The van der Waals surface area contributed by atoms with Gasteiger partial charge in [0.1, 0.15) is 0 Å². The Kier molecular flexibility index (Phi) is 6.86. The highest BCUT2D eigenvalue weighted by Gasteiger charge is 2.50. The lowest BCUT2D eigenvalue weighted by atomic mass is 9.71. The van der Waals surface area contributed by atoms with Gasteiger partial charge in [0.15, 0.2) is 0 Å². The van der Waals surface area contributed by atoms with E-state index in [9.17, 15) is 0 Å². The zero-order valence-corrected chi connectivity index (χ0v) is 34.0. The van der Waals surface area contributed by atoms with Crippen LogP contribution in [0, 0.1) is 0 Å². The van der Waals surface area contributed by atoms with E-state index in [2.05, 4.69) is 199 Å². The van der Waals surface area contributed by atoms with E-state index in [-0.39, 0.29) is 16.2 Å². The van der Waals surface area contributed by atoms with Crippen LogP contribution in [0.25, 0.3) is 64.0 Å². The summed E-state index contributed by atoms with van der Waals surface area (Å²) in [6.07, 6.45) is 0. The third-order valence-electron chi connectivity index (χ3n) is 13.0. The zero-order valence-electron chi connectivity index (χ0n) is 33.2. The Hall–Kier alpha value is -5.70. The van der Waals surface area contributed by atoms with E-state index in [0.29, 0.717) is 0 Å². The third-order valence-corrected chi connectivity index (χ3v) is 14.2. The molecule has 0 saturated carbocycles. The van der Waals surface area contributed by atoms with E-state index >= 15 is 0 Å². The smallest absolute Gasteiger partial charge is 0.0556 e. The molecule has 0 spiro atoms. The minimum Gasteiger partial charge on any atom is -0.310 e. The summed E-state index contributed by atoms with van der Waals surface area (Å²) >= 11 is 1.90. The molecule has 0 aliphatic heterocycles. The number of anilines is 3. The van der Waals surface area contributed by atoms with Gasteiger partial charge in [0.2, 0.25) is 0 Å². The Labute approximate surface area is 333 Å². The number of thiophene rings is 1. The molecule has 1 nitrogen and oxygen atoms in total. The molecule has 8 aromatic carbocycles. The van der Waals surface area contributed by atoms with Crippen LogP contribution in [0.15, 0.2) is 146 Å². The molecule has 2 heteroatoms. The van der Waals surface area contributed by atoms with Crippen LogP contribution < -0.4 is 4.90 Å². The molecule has 0 radical (unpaired) electrons. The van der Waals surface area contributed by atoms with Gasteiger partial charge in [0, 0.05) is 42.4 Å². The second kappa shape index (κ2) is 11.4. The third kappa shape index (κ3) is 4.48. The van der Waals surface area contributed by atoms with Crippen LogP contribution >= 0.6 is 11.3 Å². The van der Waals surface area contributed by atoms with Gasteiger partial charge in [-0.05, 0) is 107 Å². The van der Waals surface area contributed by atoms with Crippen LogP contribution in [-0.4, -0.2) is 0 Å². The average Bonchev–Trinajstić information content (AvgIpc) is 3.77. The summed E-state index contributed by atoms with van der Waals surface area (Å²) in [6.45, 7) is 17.1. The first-order valence-corrected chi connectivity index (χ1v) is 20.8. The molecule has 0 saturated heterocycles. The van der Waals surface area contributed by atoms with Crippen molar-refractivity contribution < 1.29 is 0 Å². The summed E-state index contributed by atoms with van der Waals surface area (Å²) in [4.78, 5) is 2.66. The Bertz CT molecular complexity index is 3040. The van der Waals surface area contributed by atoms with E-state index in [1.165, 1.54) is 109 Å². The molecular weight excluding hydrogens is 695 g/mol. The van der Waals surface area contributed by atoms with Gasteiger partial charge in [-0.2, -0.15) is 0 Å². The SMILES string of the molecule is CC(C)(C)c1c2c(c(N(c3ccc4c(ccc5ccccc54)c3)c3ccc4c(c3)sc3ccccc34)c3c1-c1ccccc1C3(C)C)C(C)(C)c1ccccc1-2. The molecule has 2 aliphatic carbocycles. The molecule has 272 valence electrons. The molecule has 1 heterocycles. The zero-order chi connectivity index (χ0) is 38.3. The predicted octanol–water partition coefficient (Wildman–Crippen LogP) is 15.7. The van der Waals surface area contributed by atoms with Gasteiger partial charge >= 0.3 is 0 Å². The molecular formula is C54H45NS. The first-order chi connectivity index (χ1) is 26.9. The number of rotatable bonds is 3. The second-order valence-electron chi connectivity index (χ2n) is 18.1. The van der Waals surface area contributed by atoms with E-state index in [1.54, 1.807) is 0 Å². The van der Waals surface area contributed by atoms with E-state index < -0.39 is 0 Å². The molecule has 0 bridgehead atoms. The Morgan fingerprint density at radius 2 is 0.964 bits per heavy atom. The minimum absolute atomic E-state index is 0.113. The van der Waals surface area contributed by atoms with Crippen molar-refractivity contribution in [2.45, 2.75) is 64.7 Å². The summed E-state index contributed by atoms with van der Waals surface area (Å²) in [6, 6.07) is 55.1. The summed E-state index contributed by atoms with van der Waals surface area (Å²) < 4.78 is 2.64. The largest absolute Gasteiger partial charge is 0.310 e. The van der Waals surface area contributed by atoms with Crippen LogP contribution in [0.3, 0.4) is 0 Å². The van der Waals surface area contributed by atoms with Gasteiger partial charge in [-0.3, -0.25) is 0 Å². The predicted molar refractivity (Wildman–Crippen MR) is 243 cm³/mol. The van der Waals surface area contributed by atoms with Crippen LogP contribution in [-0.2, 0) is 16.2 Å². The summed E-state index contributed by atoms with van der Waals surface area (Å²) in [5.74, 6) is 0. The Balaban J connectivity index is 1.33. The summed E-state index contributed by atoms with van der Waals surface area (Å²) in [5.41, 5.74) is 15.8. The molecule has 0 atom stereocenters. The van der Waals surface area contributed by atoms with Crippen molar-refractivity contribution in [3.8, 4) is 22.3 Å². The highest BCUT2D eigenvalue weighted by Crippen LogP contribution is 2.65. The topological polar surface area (TPSA) is 3.24 Å². The molecule has 0 amide bonds. The molecule has 9 aromatic rings. The van der Waals surface area contributed by atoms with E-state index in [4.69, 9.17) is 0 Å². The Morgan fingerprint density at radius 1 is 0.464 bits per heavy atom. The number of benzene rings is 8. The molecule has 1 aromatic heterocycles. The first kappa shape index (κ1) is 33.6. The van der Waals surface area contributed by atoms with Gasteiger partial charge in [-0.15, -0.1) is 11.3 Å². The number of nitrogens with zero attached hydrogens (tertiary/aromatic N) is 1. The van der Waals surface area contributed by atoms with Crippen molar-refractivity contribution in [1.29, 1.82) is 0 Å². The maximum absolute atomic E-state index is 2.66. The molecule has 2 aliphatic rings. The van der Waals surface area contributed by atoms with Crippen LogP contribution in [0.5, 0.6) is 0 Å². The van der Waals surface area contributed by atoms with Crippen LogP contribution in [0.2, 0.25) is 0 Å². The molecule has 0 unspecified atom stereocenters. The highest BCUT2D eigenvalue weighted by molar-refractivity contribution is 7.25. The van der Waals surface area contributed by atoms with Gasteiger partial charge in [-0.1, -0.05) is 164 Å². The van der Waals surface area contributed by atoms with Crippen molar-refractivity contribution in [1.82, 2.24) is 0 Å². The highest BCUT2D eigenvalue weighted by atomic mass is 32.1. The fourth-order valence-electron chi connectivity index (χ4n) is 10.6. The lowest BCUT2D eigenvalue weighted by molar-refractivity contribution is 0.587. The normalized spacial score (nSPS) is 15.0. The van der Waals surface area contributed by atoms with Crippen molar-refractivity contribution in [3.05, 3.63) is 173 Å². The van der Waals surface area contributed by atoms with Crippen LogP contribution in [0.4, 0.5) is 17.1 Å². The minimum atomic E-state index is -0.256. The van der Waals surface area contributed by atoms with Gasteiger partial charge in [0.25, 0.3) is 0 Å². The molecule has 0 fully saturated rings. The fourth-order valence-corrected chi connectivity index (χ4v) is 11.8. The van der Waals surface area contributed by atoms with Crippen LogP contribution in [0.1, 0.15) is 76.3 Å².